The predicted molar refractivity (Wildman–Crippen MR) is 79.7 cm³/mol. The SMILES string of the molecule is CC1CCCC(Sc2ccc(C(=N)N)c(Cl)c2)C1. The minimum atomic E-state index is 0.0304. The molecule has 2 unspecified atom stereocenters. The molecule has 2 rings (SSSR count). The lowest BCUT2D eigenvalue weighted by Gasteiger charge is -2.26. The standard InChI is InChI=1S/C14H19ClN2S/c1-9-3-2-4-10(7-9)18-11-5-6-12(14(16)17)13(15)8-11/h5-6,8-10H,2-4,7H2,1H3,(H3,16,17). The molecule has 0 heterocycles. The molecule has 18 heavy (non-hydrogen) atoms. The zero-order valence-electron chi connectivity index (χ0n) is 10.6. The van der Waals surface area contributed by atoms with Crippen LogP contribution in [0, 0.1) is 11.3 Å². The van der Waals surface area contributed by atoms with Gasteiger partial charge in [-0.3, -0.25) is 5.41 Å². The third kappa shape index (κ3) is 3.42. The van der Waals surface area contributed by atoms with Gasteiger partial charge in [-0.1, -0.05) is 31.4 Å². The van der Waals surface area contributed by atoms with E-state index in [9.17, 15) is 0 Å². The number of nitrogen functional groups attached to an aromatic ring is 1. The van der Waals surface area contributed by atoms with Gasteiger partial charge in [0.25, 0.3) is 0 Å². The highest BCUT2D eigenvalue weighted by Gasteiger charge is 2.20. The van der Waals surface area contributed by atoms with Crippen LogP contribution < -0.4 is 5.73 Å². The highest BCUT2D eigenvalue weighted by molar-refractivity contribution is 8.00. The van der Waals surface area contributed by atoms with Crippen molar-refractivity contribution in [3.8, 4) is 0 Å². The molecule has 0 saturated heterocycles. The van der Waals surface area contributed by atoms with Gasteiger partial charge in [0.2, 0.25) is 0 Å². The zero-order chi connectivity index (χ0) is 13.1. The van der Waals surface area contributed by atoms with Crippen molar-refractivity contribution in [3.63, 3.8) is 0 Å². The summed E-state index contributed by atoms with van der Waals surface area (Å²) in [6, 6.07) is 5.80. The first-order valence-corrected chi connectivity index (χ1v) is 7.62. The molecule has 0 aliphatic heterocycles. The summed E-state index contributed by atoms with van der Waals surface area (Å²) < 4.78 is 0. The van der Waals surface area contributed by atoms with E-state index in [1.807, 2.05) is 30.0 Å². The Morgan fingerprint density at radius 3 is 2.83 bits per heavy atom. The molecule has 1 aliphatic rings. The van der Waals surface area contributed by atoms with Crippen LogP contribution >= 0.6 is 23.4 Å². The van der Waals surface area contributed by atoms with E-state index in [0.29, 0.717) is 15.8 Å². The average Bonchev–Trinajstić information content (AvgIpc) is 2.28. The maximum atomic E-state index is 7.41. The number of halogens is 1. The Labute approximate surface area is 118 Å². The molecule has 0 radical (unpaired) electrons. The highest BCUT2D eigenvalue weighted by atomic mass is 35.5. The summed E-state index contributed by atoms with van der Waals surface area (Å²) in [6.45, 7) is 2.33. The molecule has 1 aliphatic carbocycles. The van der Waals surface area contributed by atoms with Gasteiger partial charge in [-0.25, -0.2) is 0 Å². The molecule has 0 spiro atoms. The molecule has 0 aromatic heterocycles. The molecule has 2 nitrogen and oxygen atoms in total. The van der Waals surface area contributed by atoms with Crippen LogP contribution in [-0.2, 0) is 0 Å². The lowest BCUT2D eigenvalue weighted by atomic mass is 9.91. The first-order chi connectivity index (χ1) is 8.56. The molecule has 4 heteroatoms. The van der Waals surface area contributed by atoms with Crippen LogP contribution in [0.15, 0.2) is 23.1 Å². The van der Waals surface area contributed by atoms with Crippen LogP contribution in [0.2, 0.25) is 5.02 Å². The molecule has 1 aromatic carbocycles. The molecule has 1 saturated carbocycles. The maximum Gasteiger partial charge on any atom is 0.124 e. The number of hydrogen-bond donors (Lipinski definition) is 2. The number of amidine groups is 1. The van der Waals surface area contributed by atoms with Crippen molar-refractivity contribution in [2.45, 2.75) is 42.8 Å². The summed E-state index contributed by atoms with van der Waals surface area (Å²) in [5, 5.41) is 8.69. The summed E-state index contributed by atoms with van der Waals surface area (Å²) in [5.41, 5.74) is 6.08. The van der Waals surface area contributed by atoms with Gasteiger partial charge in [0, 0.05) is 15.7 Å². The quantitative estimate of drug-likeness (QED) is 0.642. The van der Waals surface area contributed by atoms with Crippen LogP contribution in [0.5, 0.6) is 0 Å². The number of nitrogens with one attached hydrogen (secondary N) is 1. The van der Waals surface area contributed by atoms with E-state index in [1.54, 1.807) is 0 Å². The number of hydrogen-bond acceptors (Lipinski definition) is 2. The topological polar surface area (TPSA) is 49.9 Å². The molecule has 2 atom stereocenters. The molecular weight excluding hydrogens is 264 g/mol. The fraction of sp³-hybridized carbons (Fsp3) is 0.500. The van der Waals surface area contributed by atoms with Gasteiger partial charge in [-0.2, -0.15) is 0 Å². The van der Waals surface area contributed by atoms with Crippen molar-refractivity contribution in [3.05, 3.63) is 28.8 Å². The fourth-order valence-corrected chi connectivity index (χ4v) is 4.24. The van der Waals surface area contributed by atoms with Gasteiger partial charge in [-0.15, -0.1) is 11.8 Å². The van der Waals surface area contributed by atoms with Crippen molar-refractivity contribution < 1.29 is 0 Å². The molecule has 1 fully saturated rings. The van der Waals surface area contributed by atoms with Crippen molar-refractivity contribution in [2.75, 3.05) is 0 Å². The smallest absolute Gasteiger partial charge is 0.124 e. The minimum absolute atomic E-state index is 0.0304. The normalized spacial score (nSPS) is 23.9. The molecule has 0 amide bonds. The van der Waals surface area contributed by atoms with Crippen LogP contribution in [0.3, 0.4) is 0 Å². The van der Waals surface area contributed by atoms with Gasteiger partial charge < -0.3 is 5.73 Å². The first-order valence-electron chi connectivity index (χ1n) is 6.37. The summed E-state index contributed by atoms with van der Waals surface area (Å²) in [7, 11) is 0. The van der Waals surface area contributed by atoms with Crippen molar-refractivity contribution in [1.29, 1.82) is 5.41 Å². The molecule has 0 bridgehead atoms. The Morgan fingerprint density at radius 1 is 1.44 bits per heavy atom. The Kier molecular flexibility index (Phi) is 4.57. The van der Waals surface area contributed by atoms with E-state index in [2.05, 4.69) is 6.92 Å². The highest BCUT2D eigenvalue weighted by Crippen LogP contribution is 2.37. The number of benzene rings is 1. The van der Waals surface area contributed by atoms with Gasteiger partial charge in [0.1, 0.15) is 5.84 Å². The lowest BCUT2D eigenvalue weighted by Crippen LogP contribution is -2.15. The second-order valence-corrected chi connectivity index (χ2v) is 6.85. The summed E-state index contributed by atoms with van der Waals surface area (Å²) >= 11 is 8.04. The average molecular weight is 283 g/mol. The predicted octanol–water partition coefficient (Wildman–Crippen LogP) is 4.29. The van der Waals surface area contributed by atoms with Gasteiger partial charge in [0.15, 0.2) is 0 Å². The second-order valence-electron chi connectivity index (χ2n) is 5.07. The Hall–Kier alpha value is -0.670. The maximum absolute atomic E-state index is 7.41. The Morgan fingerprint density at radius 2 is 2.22 bits per heavy atom. The molecular formula is C14H19ClN2S. The molecule has 98 valence electrons. The van der Waals surface area contributed by atoms with E-state index >= 15 is 0 Å². The number of thioether (sulfide) groups is 1. The van der Waals surface area contributed by atoms with Gasteiger partial charge in [-0.05, 0) is 37.0 Å². The first kappa shape index (κ1) is 13.8. The van der Waals surface area contributed by atoms with E-state index < -0.39 is 0 Å². The van der Waals surface area contributed by atoms with E-state index in [0.717, 1.165) is 5.92 Å². The van der Waals surface area contributed by atoms with Crippen molar-refractivity contribution >= 4 is 29.2 Å². The molecule has 3 N–H and O–H groups in total. The van der Waals surface area contributed by atoms with Gasteiger partial charge in [0.05, 0.1) is 5.02 Å². The van der Waals surface area contributed by atoms with Crippen LogP contribution in [-0.4, -0.2) is 11.1 Å². The minimum Gasteiger partial charge on any atom is -0.384 e. The van der Waals surface area contributed by atoms with Crippen LogP contribution in [0.25, 0.3) is 0 Å². The van der Waals surface area contributed by atoms with Crippen molar-refractivity contribution in [1.82, 2.24) is 0 Å². The van der Waals surface area contributed by atoms with Crippen LogP contribution in [0.4, 0.5) is 0 Å². The number of nitrogens with two attached hydrogens (primary N) is 1. The molecule has 1 aromatic rings. The zero-order valence-corrected chi connectivity index (χ0v) is 12.2. The van der Waals surface area contributed by atoms with Crippen LogP contribution in [0.1, 0.15) is 38.2 Å². The van der Waals surface area contributed by atoms with E-state index in [4.69, 9.17) is 22.7 Å². The van der Waals surface area contributed by atoms with E-state index in [1.165, 1.54) is 30.6 Å². The summed E-state index contributed by atoms with van der Waals surface area (Å²) in [4.78, 5) is 1.18. The number of rotatable bonds is 3. The Balaban J connectivity index is 2.05. The Bertz CT molecular complexity index is 447. The lowest BCUT2D eigenvalue weighted by molar-refractivity contribution is 0.394. The third-order valence-corrected chi connectivity index (χ3v) is 5.02. The van der Waals surface area contributed by atoms with E-state index in [-0.39, 0.29) is 5.84 Å². The van der Waals surface area contributed by atoms with Gasteiger partial charge >= 0.3 is 0 Å². The second kappa shape index (κ2) is 5.98. The fourth-order valence-electron chi connectivity index (χ4n) is 2.47. The monoisotopic (exact) mass is 282 g/mol. The third-order valence-electron chi connectivity index (χ3n) is 3.42. The van der Waals surface area contributed by atoms with Crippen molar-refractivity contribution in [2.24, 2.45) is 11.7 Å². The summed E-state index contributed by atoms with van der Waals surface area (Å²) in [6.07, 6.45) is 5.27. The largest absolute Gasteiger partial charge is 0.384 e. The summed E-state index contributed by atoms with van der Waals surface area (Å²) in [5.74, 6) is 0.867.